The van der Waals surface area contributed by atoms with Crippen molar-refractivity contribution in [1.29, 1.82) is 0 Å². The third kappa shape index (κ3) is 3.60. The molecule has 0 radical (unpaired) electrons. The highest BCUT2D eigenvalue weighted by Crippen LogP contribution is 2.28. The largest absolute Gasteiger partial charge is 0.348 e. The van der Waals surface area contributed by atoms with Gasteiger partial charge in [0.15, 0.2) is 0 Å². The number of amides is 4. The van der Waals surface area contributed by atoms with Gasteiger partial charge in [0, 0.05) is 0 Å². The Bertz CT molecular complexity index is 929. The number of nitrogens with zero attached hydrogens (tertiary/aromatic N) is 1. The second-order valence-electron chi connectivity index (χ2n) is 7.10. The Morgan fingerprint density at radius 1 is 1.18 bits per heavy atom. The van der Waals surface area contributed by atoms with Gasteiger partial charge in [-0.15, -0.1) is 0 Å². The van der Waals surface area contributed by atoms with Gasteiger partial charge in [0.05, 0.1) is 6.04 Å². The van der Waals surface area contributed by atoms with E-state index in [1.807, 2.05) is 38.1 Å². The van der Waals surface area contributed by atoms with E-state index in [1.165, 1.54) is 31.2 Å². The lowest BCUT2D eigenvalue weighted by atomic mass is 9.92. The highest BCUT2D eigenvalue weighted by atomic mass is 19.1. The van der Waals surface area contributed by atoms with E-state index in [0.717, 1.165) is 16.0 Å². The molecule has 2 aromatic rings. The number of halogens is 1. The molecule has 3 rings (SSSR count). The summed E-state index contributed by atoms with van der Waals surface area (Å²) in [6.45, 7) is 4.93. The van der Waals surface area contributed by atoms with Gasteiger partial charge >= 0.3 is 6.03 Å². The maximum atomic E-state index is 13.2. The minimum Gasteiger partial charge on any atom is -0.348 e. The summed E-state index contributed by atoms with van der Waals surface area (Å²) in [6, 6.07) is 12.1. The Hall–Kier alpha value is -3.22. The van der Waals surface area contributed by atoms with Crippen LogP contribution in [0.4, 0.5) is 9.18 Å². The van der Waals surface area contributed by atoms with E-state index in [4.69, 9.17) is 0 Å². The molecule has 2 atom stereocenters. The Labute approximate surface area is 162 Å². The minimum atomic E-state index is -1.34. The van der Waals surface area contributed by atoms with Crippen LogP contribution in [-0.2, 0) is 15.1 Å². The molecule has 28 heavy (non-hydrogen) atoms. The standard InChI is InChI=1S/C21H22FN3O3/c1-13-6-4-5-7-17(13)14(2)23-18(26)12-25-19(27)21(3,24-20(25)28)15-8-10-16(22)11-9-15/h4-11,14H,12H2,1-3H3,(H,23,26)(H,24,28). The number of nitrogens with one attached hydrogen (secondary N) is 2. The molecule has 0 spiro atoms. The summed E-state index contributed by atoms with van der Waals surface area (Å²) >= 11 is 0. The quantitative estimate of drug-likeness (QED) is 0.780. The summed E-state index contributed by atoms with van der Waals surface area (Å²) in [6.07, 6.45) is 0. The zero-order valence-corrected chi connectivity index (χ0v) is 16.0. The summed E-state index contributed by atoms with van der Waals surface area (Å²) in [4.78, 5) is 38.5. The molecule has 1 saturated heterocycles. The highest BCUT2D eigenvalue weighted by molar-refractivity contribution is 6.09. The number of rotatable bonds is 5. The number of carbonyl (C=O) groups excluding carboxylic acids is 3. The van der Waals surface area contributed by atoms with Crippen molar-refractivity contribution in [3.8, 4) is 0 Å². The Morgan fingerprint density at radius 3 is 2.46 bits per heavy atom. The molecule has 6 nitrogen and oxygen atoms in total. The first-order valence-electron chi connectivity index (χ1n) is 8.97. The number of imide groups is 1. The fourth-order valence-electron chi connectivity index (χ4n) is 3.40. The number of urea groups is 1. The van der Waals surface area contributed by atoms with Gasteiger partial charge in [-0.3, -0.25) is 14.5 Å². The first kappa shape index (κ1) is 19.5. The molecule has 0 bridgehead atoms. The van der Waals surface area contributed by atoms with Crippen LogP contribution in [0.5, 0.6) is 0 Å². The van der Waals surface area contributed by atoms with Gasteiger partial charge in [-0.2, -0.15) is 0 Å². The van der Waals surface area contributed by atoms with Crippen LogP contribution in [0.15, 0.2) is 48.5 Å². The van der Waals surface area contributed by atoms with Gasteiger partial charge in [0.25, 0.3) is 5.91 Å². The molecule has 2 aromatic carbocycles. The third-order valence-corrected chi connectivity index (χ3v) is 5.03. The number of aryl methyl sites for hydroxylation is 1. The molecular weight excluding hydrogens is 361 g/mol. The van der Waals surface area contributed by atoms with E-state index in [2.05, 4.69) is 10.6 Å². The summed E-state index contributed by atoms with van der Waals surface area (Å²) in [5.41, 5.74) is 1.11. The van der Waals surface area contributed by atoms with Crippen LogP contribution in [0.2, 0.25) is 0 Å². The zero-order valence-electron chi connectivity index (χ0n) is 16.0. The van der Waals surface area contributed by atoms with Crippen LogP contribution < -0.4 is 10.6 Å². The molecule has 0 aliphatic carbocycles. The van der Waals surface area contributed by atoms with Gasteiger partial charge in [0.2, 0.25) is 5.91 Å². The fourth-order valence-corrected chi connectivity index (χ4v) is 3.40. The number of hydrogen-bond donors (Lipinski definition) is 2. The Morgan fingerprint density at radius 2 is 1.82 bits per heavy atom. The van der Waals surface area contributed by atoms with E-state index in [1.54, 1.807) is 0 Å². The average molecular weight is 383 g/mol. The second kappa shape index (κ2) is 7.42. The molecule has 1 aliphatic heterocycles. The van der Waals surface area contributed by atoms with Crippen LogP contribution in [0.25, 0.3) is 0 Å². The molecule has 2 unspecified atom stereocenters. The fraction of sp³-hybridized carbons (Fsp3) is 0.286. The van der Waals surface area contributed by atoms with Crippen molar-refractivity contribution in [2.75, 3.05) is 6.54 Å². The Kier molecular flexibility index (Phi) is 5.18. The molecular formula is C21H22FN3O3. The zero-order chi connectivity index (χ0) is 20.5. The average Bonchev–Trinajstić information content (AvgIpc) is 2.86. The molecule has 4 amide bonds. The maximum absolute atomic E-state index is 13.2. The van der Waals surface area contributed by atoms with Crippen LogP contribution >= 0.6 is 0 Å². The predicted octanol–water partition coefficient (Wildman–Crippen LogP) is 2.78. The minimum absolute atomic E-state index is 0.266. The normalized spacial score (nSPS) is 20.1. The van der Waals surface area contributed by atoms with E-state index in [9.17, 15) is 18.8 Å². The lowest BCUT2D eigenvalue weighted by molar-refractivity contribution is -0.135. The molecule has 1 aliphatic rings. The molecule has 1 fully saturated rings. The van der Waals surface area contributed by atoms with Crippen LogP contribution in [-0.4, -0.2) is 29.3 Å². The van der Waals surface area contributed by atoms with Gasteiger partial charge in [0.1, 0.15) is 17.9 Å². The molecule has 146 valence electrons. The Balaban J connectivity index is 1.71. The topological polar surface area (TPSA) is 78.5 Å². The smallest absolute Gasteiger partial charge is 0.325 e. The predicted molar refractivity (Wildman–Crippen MR) is 102 cm³/mol. The van der Waals surface area contributed by atoms with E-state index in [0.29, 0.717) is 5.56 Å². The molecule has 2 N–H and O–H groups in total. The van der Waals surface area contributed by atoms with Crippen LogP contribution in [0.1, 0.15) is 36.6 Å². The van der Waals surface area contributed by atoms with E-state index in [-0.39, 0.29) is 6.04 Å². The molecule has 0 aromatic heterocycles. The van der Waals surface area contributed by atoms with Gasteiger partial charge in [-0.05, 0) is 49.6 Å². The first-order valence-corrected chi connectivity index (χ1v) is 8.97. The van der Waals surface area contributed by atoms with Crippen molar-refractivity contribution in [1.82, 2.24) is 15.5 Å². The van der Waals surface area contributed by atoms with Gasteiger partial charge in [-0.1, -0.05) is 36.4 Å². The summed E-state index contributed by atoms with van der Waals surface area (Å²) in [5, 5.41) is 5.42. The van der Waals surface area contributed by atoms with E-state index < -0.39 is 35.7 Å². The van der Waals surface area contributed by atoms with E-state index >= 15 is 0 Å². The van der Waals surface area contributed by atoms with Crippen molar-refractivity contribution in [3.63, 3.8) is 0 Å². The summed E-state index contributed by atoms with van der Waals surface area (Å²) in [5.74, 6) is -1.43. The maximum Gasteiger partial charge on any atom is 0.325 e. The second-order valence-corrected chi connectivity index (χ2v) is 7.10. The van der Waals surface area contributed by atoms with Crippen molar-refractivity contribution in [2.45, 2.75) is 32.4 Å². The molecule has 1 heterocycles. The monoisotopic (exact) mass is 383 g/mol. The van der Waals surface area contributed by atoms with Gasteiger partial charge in [-0.25, -0.2) is 9.18 Å². The van der Waals surface area contributed by atoms with Crippen LogP contribution in [0.3, 0.4) is 0 Å². The van der Waals surface area contributed by atoms with Crippen LogP contribution in [0, 0.1) is 12.7 Å². The number of carbonyl (C=O) groups is 3. The summed E-state index contributed by atoms with van der Waals surface area (Å²) < 4.78 is 13.2. The first-order chi connectivity index (χ1) is 13.2. The number of hydrogen-bond acceptors (Lipinski definition) is 3. The molecule has 7 heteroatoms. The third-order valence-electron chi connectivity index (χ3n) is 5.03. The molecule has 0 saturated carbocycles. The van der Waals surface area contributed by atoms with Crippen molar-refractivity contribution >= 4 is 17.8 Å². The highest BCUT2D eigenvalue weighted by Gasteiger charge is 2.49. The van der Waals surface area contributed by atoms with Crippen molar-refractivity contribution < 1.29 is 18.8 Å². The van der Waals surface area contributed by atoms with Gasteiger partial charge < -0.3 is 10.6 Å². The van der Waals surface area contributed by atoms with Crippen molar-refractivity contribution in [3.05, 3.63) is 71.0 Å². The number of benzene rings is 2. The lowest BCUT2D eigenvalue weighted by Crippen LogP contribution is -2.43. The van der Waals surface area contributed by atoms with Crippen molar-refractivity contribution in [2.24, 2.45) is 0 Å². The lowest BCUT2D eigenvalue weighted by Gasteiger charge is -2.22. The summed E-state index contributed by atoms with van der Waals surface area (Å²) in [7, 11) is 0. The SMILES string of the molecule is Cc1ccccc1C(C)NC(=O)CN1C(=O)NC(C)(c2ccc(F)cc2)C1=O.